The van der Waals surface area contributed by atoms with Gasteiger partial charge >= 0.3 is 0 Å². The van der Waals surface area contributed by atoms with Crippen molar-refractivity contribution in [3.63, 3.8) is 0 Å². The Morgan fingerprint density at radius 1 is 1.39 bits per heavy atom. The molecule has 1 amide bonds. The molecule has 1 atom stereocenters. The average molecular weight is 330 g/mol. The highest BCUT2D eigenvalue weighted by atomic mass is 32.1. The third-order valence-corrected chi connectivity index (χ3v) is 5.01. The van der Waals surface area contributed by atoms with E-state index in [-0.39, 0.29) is 5.91 Å². The highest BCUT2D eigenvalue weighted by Crippen LogP contribution is 2.23. The van der Waals surface area contributed by atoms with Gasteiger partial charge < -0.3 is 16.0 Å². The number of nitrogens with two attached hydrogens (primary N) is 1. The van der Waals surface area contributed by atoms with E-state index in [4.69, 9.17) is 5.73 Å². The molecule has 0 saturated carbocycles. The smallest absolute Gasteiger partial charge is 0.270 e. The zero-order chi connectivity index (χ0) is 16.1. The van der Waals surface area contributed by atoms with E-state index in [1.165, 1.54) is 17.0 Å². The Kier molecular flexibility index (Phi) is 5.25. The zero-order valence-electron chi connectivity index (χ0n) is 13.1. The molecular weight excluding hydrogens is 308 g/mol. The number of benzene rings is 1. The van der Waals surface area contributed by atoms with Crippen molar-refractivity contribution >= 4 is 22.9 Å². The van der Waals surface area contributed by atoms with Crippen LogP contribution in [-0.2, 0) is 6.42 Å². The Bertz CT molecular complexity index is 643. The molecule has 2 aromatic rings. The van der Waals surface area contributed by atoms with Crippen LogP contribution >= 0.6 is 11.3 Å². The second-order valence-electron chi connectivity index (χ2n) is 5.81. The van der Waals surface area contributed by atoms with Crippen LogP contribution in [0.1, 0.15) is 21.9 Å². The molecule has 1 aliphatic rings. The van der Waals surface area contributed by atoms with E-state index in [0.717, 1.165) is 30.9 Å². The fraction of sp³-hybridized carbons (Fsp3) is 0.412. The van der Waals surface area contributed by atoms with Crippen LogP contribution in [0.3, 0.4) is 0 Å². The maximum Gasteiger partial charge on any atom is 0.270 e. The fourth-order valence-corrected chi connectivity index (χ4v) is 3.65. The molecule has 23 heavy (non-hydrogen) atoms. The molecule has 2 heterocycles. The van der Waals surface area contributed by atoms with Gasteiger partial charge in [0.1, 0.15) is 5.69 Å². The van der Waals surface area contributed by atoms with Gasteiger partial charge in [-0.05, 0) is 31.0 Å². The summed E-state index contributed by atoms with van der Waals surface area (Å²) < 4.78 is 0. The van der Waals surface area contributed by atoms with Crippen molar-refractivity contribution in [2.75, 3.05) is 31.1 Å². The Labute approximate surface area is 140 Å². The number of thiazole rings is 1. The number of nitrogens with zero attached hydrogens (tertiary/aromatic N) is 2. The van der Waals surface area contributed by atoms with Gasteiger partial charge in [-0.25, -0.2) is 4.98 Å². The molecule has 1 saturated heterocycles. The van der Waals surface area contributed by atoms with Gasteiger partial charge in [-0.2, -0.15) is 0 Å². The van der Waals surface area contributed by atoms with Crippen molar-refractivity contribution in [2.45, 2.75) is 12.8 Å². The number of anilines is 1. The van der Waals surface area contributed by atoms with Crippen LogP contribution in [0.15, 0.2) is 35.7 Å². The van der Waals surface area contributed by atoms with E-state index in [1.807, 2.05) is 11.4 Å². The van der Waals surface area contributed by atoms with Crippen molar-refractivity contribution < 1.29 is 4.79 Å². The summed E-state index contributed by atoms with van der Waals surface area (Å²) in [4.78, 5) is 18.9. The molecule has 1 aliphatic heterocycles. The largest absolute Gasteiger partial charge is 0.371 e. The fourth-order valence-electron chi connectivity index (χ4n) is 2.85. The minimum atomic E-state index is -0.0808. The SMILES string of the molecule is NCCc1nc(C(=O)NCC2CCN(c3ccccc3)C2)cs1. The lowest BCUT2D eigenvalue weighted by Crippen LogP contribution is -2.31. The van der Waals surface area contributed by atoms with Gasteiger partial charge in [0.15, 0.2) is 0 Å². The topological polar surface area (TPSA) is 71.2 Å². The minimum Gasteiger partial charge on any atom is -0.371 e. The number of carbonyl (C=O) groups is 1. The molecule has 3 rings (SSSR count). The summed E-state index contributed by atoms with van der Waals surface area (Å²) in [6.45, 7) is 3.29. The number of para-hydroxylation sites is 1. The molecule has 1 aromatic carbocycles. The van der Waals surface area contributed by atoms with Crippen LogP contribution in [0.5, 0.6) is 0 Å². The van der Waals surface area contributed by atoms with E-state index in [2.05, 4.69) is 39.5 Å². The molecule has 1 unspecified atom stereocenters. The predicted octanol–water partition coefficient (Wildman–Crippen LogP) is 1.90. The number of nitrogens with one attached hydrogen (secondary N) is 1. The number of amides is 1. The van der Waals surface area contributed by atoms with Gasteiger partial charge in [0, 0.05) is 37.1 Å². The second kappa shape index (κ2) is 7.57. The predicted molar refractivity (Wildman–Crippen MR) is 94.0 cm³/mol. The third kappa shape index (κ3) is 4.09. The molecule has 0 spiro atoms. The highest BCUT2D eigenvalue weighted by Gasteiger charge is 2.23. The zero-order valence-corrected chi connectivity index (χ0v) is 13.9. The molecule has 0 radical (unpaired) electrons. The van der Waals surface area contributed by atoms with Gasteiger partial charge in [0.05, 0.1) is 5.01 Å². The van der Waals surface area contributed by atoms with Crippen molar-refractivity contribution in [1.29, 1.82) is 0 Å². The number of carbonyl (C=O) groups excluding carboxylic acids is 1. The summed E-state index contributed by atoms with van der Waals surface area (Å²) in [6, 6.07) is 10.4. The summed E-state index contributed by atoms with van der Waals surface area (Å²) >= 11 is 1.50. The average Bonchev–Trinajstić information content (AvgIpc) is 3.23. The van der Waals surface area contributed by atoms with Crippen molar-refractivity contribution in [3.05, 3.63) is 46.4 Å². The van der Waals surface area contributed by atoms with Gasteiger partial charge in [-0.3, -0.25) is 4.79 Å². The normalized spacial score (nSPS) is 17.4. The number of hydrogen-bond donors (Lipinski definition) is 2. The third-order valence-electron chi connectivity index (χ3n) is 4.10. The van der Waals surface area contributed by atoms with Crippen LogP contribution < -0.4 is 16.0 Å². The molecule has 122 valence electrons. The maximum absolute atomic E-state index is 12.2. The summed E-state index contributed by atoms with van der Waals surface area (Å²) in [6.07, 6.45) is 1.83. The molecule has 0 aliphatic carbocycles. The summed E-state index contributed by atoms with van der Waals surface area (Å²) in [5, 5.41) is 5.75. The lowest BCUT2D eigenvalue weighted by atomic mass is 10.1. The highest BCUT2D eigenvalue weighted by molar-refractivity contribution is 7.09. The Morgan fingerprint density at radius 3 is 3.00 bits per heavy atom. The Morgan fingerprint density at radius 2 is 2.22 bits per heavy atom. The first-order valence-corrected chi connectivity index (χ1v) is 8.87. The van der Waals surface area contributed by atoms with Crippen LogP contribution in [0.2, 0.25) is 0 Å². The van der Waals surface area contributed by atoms with E-state index in [1.54, 1.807) is 0 Å². The molecule has 0 bridgehead atoms. The summed E-state index contributed by atoms with van der Waals surface area (Å²) in [5.41, 5.74) is 7.28. The molecule has 1 aromatic heterocycles. The summed E-state index contributed by atoms with van der Waals surface area (Å²) in [5.74, 6) is 0.406. The van der Waals surface area contributed by atoms with E-state index in [9.17, 15) is 4.79 Å². The monoisotopic (exact) mass is 330 g/mol. The van der Waals surface area contributed by atoms with Crippen LogP contribution in [-0.4, -0.2) is 37.1 Å². The number of rotatable bonds is 6. The van der Waals surface area contributed by atoms with Gasteiger partial charge in [0.2, 0.25) is 0 Å². The van der Waals surface area contributed by atoms with E-state index < -0.39 is 0 Å². The van der Waals surface area contributed by atoms with Crippen LogP contribution in [0.4, 0.5) is 5.69 Å². The summed E-state index contributed by atoms with van der Waals surface area (Å²) in [7, 11) is 0. The maximum atomic E-state index is 12.2. The van der Waals surface area contributed by atoms with Gasteiger partial charge in [-0.15, -0.1) is 11.3 Å². The minimum absolute atomic E-state index is 0.0808. The molecular formula is C17H22N4OS. The standard InChI is InChI=1S/C17H22N4OS/c18-8-6-16-20-15(12-23-16)17(22)19-10-13-7-9-21(11-13)14-4-2-1-3-5-14/h1-5,12-13H,6-11,18H2,(H,19,22). The first-order chi connectivity index (χ1) is 11.3. The van der Waals surface area contributed by atoms with E-state index in [0.29, 0.717) is 24.7 Å². The first kappa shape index (κ1) is 16.0. The van der Waals surface area contributed by atoms with Crippen LogP contribution in [0, 0.1) is 5.92 Å². The second-order valence-corrected chi connectivity index (χ2v) is 6.75. The lowest BCUT2D eigenvalue weighted by molar-refractivity contribution is 0.0944. The number of aromatic nitrogens is 1. The van der Waals surface area contributed by atoms with Crippen molar-refractivity contribution in [1.82, 2.24) is 10.3 Å². The lowest BCUT2D eigenvalue weighted by Gasteiger charge is -2.18. The number of hydrogen-bond acceptors (Lipinski definition) is 5. The first-order valence-electron chi connectivity index (χ1n) is 7.99. The Hall–Kier alpha value is -1.92. The van der Waals surface area contributed by atoms with Gasteiger partial charge in [0.25, 0.3) is 5.91 Å². The van der Waals surface area contributed by atoms with Gasteiger partial charge in [-0.1, -0.05) is 18.2 Å². The quantitative estimate of drug-likeness (QED) is 0.849. The molecule has 3 N–H and O–H groups in total. The molecule has 5 nitrogen and oxygen atoms in total. The molecule has 6 heteroatoms. The Balaban J connectivity index is 1.48. The van der Waals surface area contributed by atoms with Crippen molar-refractivity contribution in [2.24, 2.45) is 11.7 Å². The van der Waals surface area contributed by atoms with E-state index >= 15 is 0 Å². The molecule has 1 fully saturated rings. The van der Waals surface area contributed by atoms with Crippen LogP contribution in [0.25, 0.3) is 0 Å². The van der Waals surface area contributed by atoms with Crippen molar-refractivity contribution in [3.8, 4) is 0 Å².